The highest BCUT2D eigenvalue weighted by molar-refractivity contribution is 7.98. The molecule has 5 aliphatic rings. The van der Waals surface area contributed by atoms with E-state index in [2.05, 4.69) is 36.3 Å². The highest BCUT2D eigenvalue weighted by Crippen LogP contribution is 2.55. The molecule has 1 saturated carbocycles. The van der Waals surface area contributed by atoms with Gasteiger partial charge in [0, 0.05) is 35.8 Å². The van der Waals surface area contributed by atoms with E-state index in [1.807, 2.05) is 42.7 Å². The second kappa shape index (κ2) is 12.6. The summed E-state index contributed by atoms with van der Waals surface area (Å²) >= 11 is 1.61. The number of piperidine rings is 1. The van der Waals surface area contributed by atoms with E-state index in [0.717, 1.165) is 43.7 Å². The number of nitrogens with zero attached hydrogens (tertiary/aromatic N) is 2. The maximum absolute atomic E-state index is 14.4. The van der Waals surface area contributed by atoms with Gasteiger partial charge in [-0.05, 0) is 68.5 Å². The molecule has 234 valence electrons. The Morgan fingerprint density at radius 3 is 2.72 bits per heavy atom. The molecule has 1 spiro atoms. The van der Waals surface area contributed by atoms with Crippen LogP contribution >= 0.6 is 11.8 Å². The van der Waals surface area contributed by atoms with Crippen molar-refractivity contribution in [2.45, 2.75) is 100 Å². The lowest BCUT2D eigenvalue weighted by Crippen LogP contribution is -2.58. The van der Waals surface area contributed by atoms with Crippen LogP contribution in [-0.4, -0.2) is 83.2 Å². The van der Waals surface area contributed by atoms with Gasteiger partial charge in [0.2, 0.25) is 17.7 Å². The number of likely N-dealkylation sites (tertiary alicyclic amines) is 2. The average Bonchev–Trinajstić information content (AvgIpc) is 3.65. The standard InChI is InChI=1S/C34H48N4O4S/c1-5-24-12-6-7-17-37(24)18-19-38-30(32(40)36-26-14-8-10-21(2)22(26)3)34-16-15-27(42-34)28(29(34)33(38)41)31(39)35-23-11-9-13-25(20-23)43-4/h9,11,13,15-16,20-22,24,26-30H,5-8,10,12,14,17-19H2,1-4H3,(H,35,39)(H,36,40)/t21-,22+,24+,26+,27-,28+,29-,30-,34-/m0/s1. The van der Waals surface area contributed by atoms with E-state index in [4.69, 9.17) is 4.74 Å². The smallest absolute Gasteiger partial charge is 0.246 e. The third kappa shape index (κ3) is 5.54. The maximum atomic E-state index is 14.4. The van der Waals surface area contributed by atoms with Gasteiger partial charge in [-0.15, -0.1) is 11.8 Å². The molecule has 4 heterocycles. The van der Waals surface area contributed by atoms with Gasteiger partial charge in [0.05, 0.1) is 17.9 Å². The topological polar surface area (TPSA) is 91.0 Å². The van der Waals surface area contributed by atoms with Crippen LogP contribution in [0.1, 0.15) is 65.7 Å². The number of hydrogen-bond acceptors (Lipinski definition) is 6. The number of carbonyl (C=O) groups is 3. The predicted molar refractivity (Wildman–Crippen MR) is 170 cm³/mol. The molecule has 2 bridgehead atoms. The number of carbonyl (C=O) groups excluding carboxylic acids is 3. The Kier molecular flexibility index (Phi) is 8.96. The Labute approximate surface area is 260 Å². The summed E-state index contributed by atoms with van der Waals surface area (Å²) in [6, 6.07) is 7.50. The van der Waals surface area contributed by atoms with Crippen LogP contribution in [0.3, 0.4) is 0 Å². The number of amides is 3. The second-order valence-electron chi connectivity index (χ2n) is 13.4. The Balaban J connectivity index is 1.28. The van der Waals surface area contributed by atoms with Gasteiger partial charge in [0.15, 0.2) is 0 Å². The number of benzene rings is 1. The predicted octanol–water partition coefficient (Wildman–Crippen LogP) is 4.70. The Morgan fingerprint density at radius 1 is 1.09 bits per heavy atom. The van der Waals surface area contributed by atoms with Crippen LogP contribution in [0.5, 0.6) is 0 Å². The molecule has 6 rings (SSSR count). The molecule has 4 aliphatic heterocycles. The molecule has 1 aromatic carbocycles. The molecule has 4 fully saturated rings. The zero-order valence-electron chi connectivity index (χ0n) is 26.1. The lowest BCUT2D eigenvalue weighted by atomic mass is 9.73. The third-order valence-electron chi connectivity index (χ3n) is 11.1. The van der Waals surface area contributed by atoms with Crippen molar-refractivity contribution in [1.82, 2.24) is 15.1 Å². The quantitative estimate of drug-likeness (QED) is 0.312. The van der Waals surface area contributed by atoms with Gasteiger partial charge < -0.3 is 20.3 Å². The summed E-state index contributed by atoms with van der Waals surface area (Å²) < 4.78 is 6.59. The van der Waals surface area contributed by atoms with Crippen LogP contribution in [0.4, 0.5) is 5.69 Å². The highest BCUT2D eigenvalue weighted by atomic mass is 32.2. The molecule has 3 amide bonds. The summed E-state index contributed by atoms with van der Waals surface area (Å²) in [6.07, 6.45) is 13.1. The third-order valence-corrected chi connectivity index (χ3v) is 11.9. The molecule has 0 radical (unpaired) electrons. The highest BCUT2D eigenvalue weighted by Gasteiger charge is 2.72. The van der Waals surface area contributed by atoms with E-state index >= 15 is 0 Å². The largest absolute Gasteiger partial charge is 0.359 e. The van der Waals surface area contributed by atoms with E-state index in [1.165, 1.54) is 19.3 Å². The van der Waals surface area contributed by atoms with Gasteiger partial charge in [-0.2, -0.15) is 0 Å². The van der Waals surface area contributed by atoms with Gasteiger partial charge in [0.1, 0.15) is 11.6 Å². The summed E-state index contributed by atoms with van der Waals surface area (Å²) in [4.78, 5) is 47.9. The normalized spacial score (nSPS) is 37.0. The molecule has 9 atom stereocenters. The summed E-state index contributed by atoms with van der Waals surface area (Å²) in [5.74, 6) is -1.04. The summed E-state index contributed by atoms with van der Waals surface area (Å²) in [7, 11) is 0. The first-order chi connectivity index (χ1) is 20.8. The van der Waals surface area contributed by atoms with Crippen molar-refractivity contribution < 1.29 is 19.1 Å². The van der Waals surface area contributed by atoms with Crippen molar-refractivity contribution in [3.8, 4) is 0 Å². The number of hydrogen-bond donors (Lipinski definition) is 2. The minimum absolute atomic E-state index is 0.0700. The first-order valence-corrected chi connectivity index (χ1v) is 17.7. The minimum atomic E-state index is -1.13. The van der Waals surface area contributed by atoms with Crippen LogP contribution < -0.4 is 10.6 Å². The van der Waals surface area contributed by atoms with Crippen molar-refractivity contribution in [3.05, 3.63) is 36.4 Å². The summed E-state index contributed by atoms with van der Waals surface area (Å²) in [5.41, 5.74) is -0.435. The maximum Gasteiger partial charge on any atom is 0.246 e. The van der Waals surface area contributed by atoms with Gasteiger partial charge >= 0.3 is 0 Å². The van der Waals surface area contributed by atoms with Crippen molar-refractivity contribution >= 4 is 35.2 Å². The van der Waals surface area contributed by atoms with Crippen molar-refractivity contribution in [2.24, 2.45) is 23.7 Å². The molecule has 1 aliphatic carbocycles. The van der Waals surface area contributed by atoms with Gasteiger partial charge in [0.25, 0.3) is 0 Å². The first-order valence-electron chi connectivity index (χ1n) is 16.4. The Hall–Kier alpha value is -2.36. The SMILES string of the molecule is CC[C@@H]1CCCCN1CCN1C(=O)[C@@H]2[C@H](C(=O)Nc3cccc(SC)c3)[C@@H]3C=C[C@@]2(O3)[C@@H]1C(=O)N[C@@H]1CCC[C@H](C)[C@H]1C. The monoisotopic (exact) mass is 608 g/mol. The van der Waals surface area contributed by atoms with Crippen LogP contribution in [0.2, 0.25) is 0 Å². The fraction of sp³-hybridized carbons (Fsp3) is 0.676. The zero-order chi connectivity index (χ0) is 30.3. The lowest BCUT2D eigenvalue weighted by Gasteiger charge is -2.39. The number of anilines is 1. The summed E-state index contributed by atoms with van der Waals surface area (Å²) in [5, 5.41) is 6.43. The fourth-order valence-electron chi connectivity index (χ4n) is 8.53. The molecule has 43 heavy (non-hydrogen) atoms. The van der Waals surface area contributed by atoms with Crippen LogP contribution in [0, 0.1) is 23.7 Å². The lowest BCUT2D eigenvalue weighted by molar-refractivity contribution is -0.142. The Bertz CT molecular complexity index is 1260. The molecule has 0 aromatic heterocycles. The average molecular weight is 609 g/mol. The van der Waals surface area contributed by atoms with Crippen LogP contribution in [0.15, 0.2) is 41.3 Å². The van der Waals surface area contributed by atoms with Crippen LogP contribution in [-0.2, 0) is 19.1 Å². The molecular weight excluding hydrogens is 560 g/mol. The number of fused-ring (bicyclic) bond motifs is 1. The number of thioether (sulfide) groups is 1. The van der Waals surface area contributed by atoms with Crippen molar-refractivity contribution in [2.75, 3.05) is 31.2 Å². The van der Waals surface area contributed by atoms with Gasteiger partial charge in [-0.1, -0.05) is 58.3 Å². The van der Waals surface area contributed by atoms with E-state index in [-0.39, 0.29) is 23.8 Å². The van der Waals surface area contributed by atoms with E-state index in [1.54, 1.807) is 16.7 Å². The zero-order valence-corrected chi connectivity index (χ0v) is 26.9. The second-order valence-corrected chi connectivity index (χ2v) is 14.3. The van der Waals surface area contributed by atoms with Gasteiger partial charge in [-0.3, -0.25) is 19.3 Å². The fourth-order valence-corrected chi connectivity index (χ4v) is 8.99. The molecule has 8 nitrogen and oxygen atoms in total. The molecule has 1 aromatic rings. The molecular formula is C34H48N4O4S. The van der Waals surface area contributed by atoms with Crippen molar-refractivity contribution in [3.63, 3.8) is 0 Å². The van der Waals surface area contributed by atoms with E-state index in [9.17, 15) is 14.4 Å². The minimum Gasteiger partial charge on any atom is -0.359 e. The number of ether oxygens (including phenoxy) is 1. The van der Waals surface area contributed by atoms with Crippen LogP contribution in [0.25, 0.3) is 0 Å². The molecule has 0 unspecified atom stereocenters. The molecule has 2 N–H and O–H groups in total. The van der Waals surface area contributed by atoms with E-state index < -0.39 is 29.6 Å². The van der Waals surface area contributed by atoms with E-state index in [0.29, 0.717) is 30.1 Å². The number of rotatable bonds is 9. The number of nitrogens with one attached hydrogen (secondary N) is 2. The summed E-state index contributed by atoms with van der Waals surface area (Å²) in [6.45, 7) is 8.90. The van der Waals surface area contributed by atoms with Gasteiger partial charge in [-0.25, -0.2) is 0 Å². The molecule has 9 heteroatoms. The first kappa shape index (κ1) is 30.7. The Morgan fingerprint density at radius 2 is 1.93 bits per heavy atom. The molecule has 3 saturated heterocycles. The van der Waals surface area contributed by atoms with Crippen molar-refractivity contribution in [1.29, 1.82) is 0 Å².